The summed E-state index contributed by atoms with van der Waals surface area (Å²) in [5.41, 5.74) is 5.56. The first-order valence-corrected chi connectivity index (χ1v) is 12.4. The zero-order valence-corrected chi connectivity index (χ0v) is 22.1. The van der Waals surface area contributed by atoms with Gasteiger partial charge in [0, 0.05) is 42.3 Å². The number of ether oxygens (including phenoxy) is 3. The molecule has 8 heteroatoms. The molecule has 0 unspecified atom stereocenters. The quantitative estimate of drug-likeness (QED) is 0.374. The molecule has 1 aliphatic rings. The van der Waals surface area contributed by atoms with Gasteiger partial charge < -0.3 is 29.0 Å². The molecule has 2 heterocycles. The molecule has 1 N–H and O–H groups in total. The number of benzene rings is 3. The molecule has 190 valence electrons. The van der Waals surface area contributed by atoms with Gasteiger partial charge in [0.2, 0.25) is 5.75 Å². The van der Waals surface area contributed by atoms with Gasteiger partial charge in [0.25, 0.3) is 0 Å². The van der Waals surface area contributed by atoms with E-state index in [4.69, 9.17) is 30.8 Å². The molecule has 0 saturated carbocycles. The summed E-state index contributed by atoms with van der Waals surface area (Å²) in [7, 11) is 6.95. The smallest absolute Gasteiger partial charge is 0.203 e. The van der Waals surface area contributed by atoms with E-state index in [1.165, 1.54) is 0 Å². The molecule has 0 spiro atoms. The van der Waals surface area contributed by atoms with E-state index in [9.17, 15) is 0 Å². The van der Waals surface area contributed by atoms with Gasteiger partial charge in [0.05, 0.1) is 43.6 Å². The summed E-state index contributed by atoms with van der Waals surface area (Å²) >= 11 is 6.05. The van der Waals surface area contributed by atoms with Crippen LogP contribution in [0.4, 0.5) is 5.69 Å². The summed E-state index contributed by atoms with van der Waals surface area (Å²) in [6, 6.07) is 15.6. The van der Waals surface area contributed by atoms with Gasteiger partial charge in [-0.25, -0.2) is 4.98 Å². The first-order chi connectivity index (χ1) is 18.0. The SMILES string of the molecule is COc1cc(-c2nc3cc(N4CCN(C)CC4)c(C#Cc4ccc(Cl)cc4)cc3[nH]2)cc(OC)c1OC. The highest BCUT2D eigenvalue weighted by atomic mass is 35.5. The van der Waals surface area contributed by atoms with Crippen LogP contribution in [0.3, 0.4) is 0 Å². The van der Waals surface area contributed by atoms with Crippen LogP contribution in [0.1, 0.15) is 11.1 Å². The van der Waals surface area contributed by atoms with Crippen molar-refractivity contribution >= 4 is 28.3 Å². The van der Waals surface area contributed by atoms with Gasteiger partial charge in [-0.1, -0.05) is 23.4 Å². The van der Waals surface area contributed by atoms with Gasteiger partial charge in [0.15, 0.2) is 11.5 Å². The second kappa shape index (κ2) is 10.6. The molecular weight excluding hydrogens is 488 g/mol. The third-order valence-corrected chi connectivity index (χ3v) is 6.82. The van der Waals surface area contributed by atoms with Crippen LogP contribution in [0.2, 0.25) is 5.02 Å². The Morgan fingerprint density at radius 3 is 2.16 bits per heavy atom. The molecular formula is C29H29ClN4O3. The standard InChI is InChI=1S/C29H29ClN4O3/c1-33-11-13-34(14-12-33)25-18-24-23(15-20(25)8-5-19-6-9-22(30)10-7-19)31-29(32-24)21-16-26(35-2)28(37-4)27(17-21)36-3/h6-7,9-10,15-18H,11-14H2,1-4H3,(H,31,32). The molecule has 0 bridgehead atoms. The Labute approximate surface area is 221 Å². The number of methoxy groups -OCH3 is 3. The van der Waals surface area contributed by atoms with E-state index in [0.717, 1.165) is 59.6 Å². The minimum absolute atomic E-state index is 0.543. The number of aromatic amines is 1. The Morgan fingerprint density at radius 1 is 0.865 bits per heavy atom. The Balaban J connectivity index is 1.60. The van der Waals surface area contributed by atoms with Crippen LogP contribution in [-0.2, 0) is 0 Å². The van der Waals surface area contributed by atoms with Crippen molar-refractivity contribution < 1.29 is 14.2 Å². The van der Waals surface area contributed by atoms with Gasteiger partial charge in [-0.15, -0.1) is 0 Å². The van der Waals surface area contributed by atoms with Crippen LogP contribution in [0.25, 0.3) is 22.4 Å². The molecule has 3 aromatic carbocycles. The number of hydrogen-bond donors (Lipinski definition) is 1. The summed E-state index contributed by atoms with van der Waals surface area (Å²) in [4.78, 5) is 13.1. The molecule has 4 aromatic rings. The van der Waals surface area contributed by atoms with Crippen LogP contribution in [0, 0.1) is 11.8 Å². The Bertz CT molecular complexity index is 1450. The third-order valence-electron chi connectivity index (χ3n) is 6.57. The number of aromatic nitrogens is 2. The fourth-order valence-electron chi connectivity index (χ4n) is 4.48. The first-order valence-electron chi connectivity index (χ1n) is 12.0. The lowest BCUT2D eigenvalue weighted by molar-refractivity contribution is 0.313. The van der Waals surface area contributed by atoms with E-state index >= 15 is 0 Å². The van der Waals surface area contributed by atoms with E-state index in [0.29, 0.717) is 28.1 Å². The van der Waals surface area contributed by atoms with E-state index in [1.807, 2.05) is 36.4 Å². The zero-order chi connectivity index (χ0) is 25.9. The first kappa shape index (κ1) is 24.8. The van der Waals surface area contributed by atoms with Gasteiger partial charge in [0.1, 0.15) is 5.82 Å². The van der Waals surface area contributed by atoms with Crippen LogP contribution in [0.15, 0.2) is 48.5 Å². The molecule has 0 aliphatic carbocycles. The minimum Gasteiger partial charge on any atom is -0.493 e. The largest absolute Gasteiger partial charge is 0.493 e. The molecule has 5 rings (SSSR count). The molecule has 0 atom stereocenters. The molecule has 1 saturated heterocycles. The number of rotatable bonds is 5. The van der Waals surface area contributed by atoms with Crippen LogP contribution in [-0.4, -0.2) is 69.4 Å². The lowest BCUT2D eigenvalue weighted by atomic mass is 10.1. The number of hydrogen-bond acceptors (Lipinski definition) is 6. The average Bonchev–Trinajstić information content (AvgIpc) is 3.35. The number of H-pyrrole nitrogens is 1. The summed E-state index contributed by atoms with van der Waals surface area (Å²) in [6.07, 6.45) is 0. The number of nitrogens with zero attached hydrogens (tertiary/aromatic N) is 3. The Morgan fingerprint density at radius 2 is 1.54 bits per heavy atom. The predicted octanol–water partition coefficient (Wildman–Crippen LogP) is 5.06. The van der Waals surface area contributed by atoms with Gasteiger partial charge >= 0.3 is 0 Å². The molecule has 1 aliphatic heterocycles. The summed E-state index contributed by atoms with van der Waals surface area (Å²) < 4.78 is 16.5. The van der Waals surface area contributed by atoms with E-state index in [-0.39, 0.29) is 0 Å². The normalized spacial score (nSPS) is 13.8. The van der Waals surface area contributed by atoms with Crippen molar-refractivity contribution in [2.24, 2.45) is 0 Å². The maximum Gasteiger partial charge on any atom is 0.203 e. The van der Waals surface area contributed by atoms with E-state index < -0.39 is 0 Å². The van der Waals surface area contributed by atoms with Gasteiger partial charge in [-0.05, 0) is 55.6 Å². The van der Waals surface area contributed by atoms with Gasteiger partial charge in [-0.3, -0.25) is 0 Å². The van der Waals surface area contributed by atoms with Gasteiger partial charge in [-0.2, -0.15) is 0 Å². The average molecular weight is 517 g/mol. The second-order valence-electron chi connectivity index (χ2n) is 8.93. The summed E-state index contributed by atoms with van der Waals surface area (Å²) in [6.45, 7) is 3.86. The zero-order valence-electron chi connectivity index (χ0n) is 21.4. The summed E-state index contributed by atoms with van der Waals surface area (Å²) in [5.74, 6) is 9.09. The maximum atomic E-state index is 6.05. The molecule has 0 radical (unpaired) electrons. The molecule has 1 aromatic heterocycles. The Kier molecular flexibility index (Phi) is 7.13. The molecule has 0 amide bonds. The van der Waals surface area contributed by atoms with Crippen LogP contribution < -0.4 is 19.1 Å². The number of imidazole rings is 1. The second-order valence-corrected chi connectivity index (χ2v) is 9.37. The fourth-order valence-corrected chi connectivity index (χ4v) is 4.61. The third kappa shape index (κ3) is 5.17. The van der Waals surface area contributed by atoms with Crippen molar-refractivity contribution in [1.29, 1.82) is 0 Å². The van der Waals surface area contributed by atoms with Crippen molar-refractivity contribution in [2.75, 3.05) is 59.5 Å². The maximum absolute atomic E-state index is 6.05. The topological polar surface area (TPSA) is 62.9 Å². The predicted molar refractivity (Wildman–Crippen MR) is 148 cm³/mol. The molecule has 7 nitrogen and oxygen atoms in total. The number of anilines is 1. The summed E-state index contributed by atoms with van der Waals surface area (Å²) in [5, 5.41) is 0.696. The number of halogens is 1. The highest BCUT2D eigenvalue weighted by Gasteiger charge is 2.20. The lowest BCUT2D eigenvalue weighted by Crippen LogP contribution is -2.44. The lowest BCUT2D eigenvalue weighted by Gasteiger charge is -2.34. The highest BCUT2D eigenvalue weighted by Crippen LogP contribution is 2.41. The highest BCUT2D eigenvalue weighted by molar-refractivity contribution is 6.30. The van der Waals surface area contributed by atoms with E-state index in [2.05, 4.69) is 45.8 Å². The van der Waals surface area contributed by atoms with Crippen molar-refractivity contribution in [3.05, 3.63) is 64.7 Å². The molecule has 37 heavy (non-hydrogen) atoms. The van der Waals surface area contributed by atoms with Crippen molar-refractivity contribution in [2.45, 2.75) is 0 Å². The van der Waals surface area contributed by atoms with E-state index in [1.54, 1.807) is 21.3 Å². The number of fused-ring (bicyclic) bond motifs is 1. The number of piperazine rings is 1. The molecule has 1 fully saturated rings. The Hall–Kier alpha value is -3.86. The monoisotopic (exact) mass is 516 g/mol. The number of likely N-dealkylation sites (N-methyl/N-ethyl adjacent to an activating group) is 1. The van der Waals surface area contributed by atoms with Crippen molar-refractivity contribution in [3.63, 3.8) is 0 Å². The van der Waals surface area contributed by atoms with Crippen LogP contribution >= 0.6 is 11.6 Å². The van der Waals surface area contributed by atoms with Crippen molar-refractivity contribution in [3.8, 4) is 40.5 Å². The minimum atomic E-state index is 0.543. The fraction of sp³-hybridized carbons (Fsp3) is 0.276. The van der Waals surface area contributed by atoms with Crippen molar-refractivity contribution in [1.82, 2.24) is 14.9 Å². The number of nitrogens with one attached hydrogen (secondary N) is 1. The van der Waals surface area contributed by atoms with Crippen LogP contribution in [0.5, 0.6) is 17.2 Å².